The molecule has 0 aliphatic rings. The van der Waals surface area contributed by atoms with E-state index in [4.69, 9.17) is 16.3 Å². The van der Waals surface area contributed by atoms with Crippen molar-refractivity contribution in [2.24, 2.45) is 0 Å². The zero-order valence-corrected chi connectivity index (χ0v) is 12.4. The van der Waals surface area contributed by atoms with Gasteiger partial charge in [-0.15, -0.1) is 0 Å². The first kappa shape index (κ1) is 14.5. The summed E-state index contributed by atoms with van der Waals surface area (Å²) in [6.45, 7) is 0.448. The molecule has 110 valence electrons. The maximum Gasteiger partial charge on any atom is 0.133 e. The summed E-state index contributed by atoms with van der Waals surface area (Å²) < 4.78 is 18.8. The second-order valence-corrected chi connectivity index (χ2v) is 5.18. The van der Waals surface area contributed by atoms with Crippen LogP contribution in [0.2, 0.25) is 5.15 Å². The van der Waals surface area contributed by atoms with E-state index in [1.807, 2.05) is 30.3 Å². The normalized spacial score (nSPS) is 10.5. The van der Waals surface area contributed by atoms with Gasteiger partial charge in [-0.1, -0.05) is 41.9 Å². The quantitative estimate of drug-likeness (QED) is 0.624. The van der Waals surface area contributed by atoms with Crippen LogP contribution in [0.25, 0.3) is 11.3 Å². The Labute approximate surface area is 133 Å². The number of nitrogens with zero attached hydrogens (tertiary/aromatic N) is 1. The summed E-state index contributed by atoms with van der Waals surface area (Å²) in [6, 6.07) is 19.4. The molecule has 0 atom stereocenters. The molecule has 0 aliphatic carbocycles. The summed E-state index contributed by atoms with van der Waals surface area (Å²) >= 11 is 6.05. The van der Waals surface area contributed by atoms with Crippen molar-refractivity contribution in [3.8, 4) is 17.0 Å². The molecule has 0 N–H and O–H groups in total. The lowest BCUT2D eigenvalue weighted by molar-refractivity contribution is 0.306. The molecule has 22 heavy (non-hydrogen) atoms. The van der Waals surface area contributed by atoms with Crippen molar-refractivity contribution in [3.05, 3.63) is 83.3 Å². The maximum absolute atomic E-state index is 13.0. The van der Waals surface area contributed by atoms with Gasteiger partial charge in [-0.05, 0) is 29.8 Å². The van der Waals surface area contributed by atoms with Gasteiger partial charge in [0.05, 0.1) is 5.69 Å². The van der Waals surface area contributed by atoms with Gasteiger partial charge in [0.15, 0.2) is 0 Å². The lowest BCUT2D eigenvalue weighted by Crippen LogP contribution is -1.96. The largest absolute Gasteiger partial charge is 0.489 e. The number of benzene rings is 2. The van der Waals surface area contributed by atoms with Gasteiger partial charge in [0.2, 0.25) is 0 Å². The minimum absolute atomic E-state index is 0.286. The summed E-state index contributed by atoms with van der Waals surface area (Å²) in [6.07, 6.45) is 0. The van der Waals surface area contributed by atoms with Crippen molar-refractivity contribution < 1.29 is 9.13 Å². The highest BCUT2D eigenvalue weighted by molar-refractivity contribution is 6.29. The molecule has 1 heterocycles. The molecule has 0 saturated heterocycles. The van der Waals surface area contributed by atoms with Crippen molar-refractivity contribution in [2.45, 2.75) is 6.61 Å². The summed E-state index contributed by atoms with van der Waals surface area (Å²) in [4.78, 5) is 4.25. The molecule has 0 bridgehead atoms. The summed E-state index contributed by atoms with van der Waals surface area (Å²) in [5, 5.41) is 0.338. The Balaban J connectivity index is 1.82. The topological polar surface area (TPSA) is 22.1 Å². The van der Waals surface area contributed by atoms with E-state index in [2.05, 4.69) is 4.98 Å². The Bertz CT molecular complexity index is 760. The number of rotatable bonds is 4. The Morgan fingerprint density at radius 1 is 0.955 bits per heavy atom. The molecule has 0 aliphatic heterocycles. The molecule has 2 nitrogen and oxygen atoms in total. The molecule has 0 spiro atoms. The van der Waals surface area contributed by atoms with Crippen molar-refractivity contribution >= 4 is 11.6 Å². The van der Waals surface area contributed by atoms with E-state index in [9.17, 15) is 4.39 Å². The number of ether oxygens (including phenoxy) is 1. The van der Waals surface area contributed by atoms with Crippen molar-refractivity contribution in [2.75, 3.05) is 0 Å². The third-order valence-corrected chi connectivity index (χ3v) is 3.35. The van der Waals surface area contributed by atoms with Crippen LogP contribution in [-0.2, 0) is 6.61 Å². The number of hydrogen-bond donors (Lipinski definition) is 0. The van der Waals surface area contributed by atoms with Gasteiger partial charge in [0.1, 0.15) is 23.3 Å². The van der Waals surface area contributed by atoms with E-state index < -0.39 is 0 Å². The second-order valence-electron chi connectivity index (χ2n) is 4.79. The van der Waals surface area contributed by atoms with E-state index in [1.165, 1.54) is 12.1 Å². The standard InChI is InChI=1S/C18H13ClFNO/c19-18-11-16(22-12-13-4-2-1-3-5-13)10-17(21-18)14-6-8-15(20)9-7-14/h1-11H,12H2. The van der Waals surface area contributed by atoms with Gasteiger partial charge in [-0.25, -0.2) is 9.37 Å². The molecule has 0 amide bonds. The molecule has 0 fully saturated rings. The van der Waals surface area contributed by atoms with Crippen LogP contribution < -0.4 is 4.74 Å². The summed E-state index contributed by atoms with van der Waals surface area (Å²) in [7, 11) is 0. The average molecular weight is 314 g/mol. The third-order valence-electron chi connectivity index (χ3n) is 3.16. The Morgan fingerprint density at radius 3 is 2.41 bits per heavy atom. The van der Waals surface area contributed by atoms with Crippen LogP contribution in [0.15, 0.2) is 66.7 Å². The van der Waals surface area contributed by atoms with Crippen LogP contribution in [0.1, 0.15) is 5.56 Å². The number of halogens is 2. The molecule has 2 aromatic carbocycles. The van der Waals surface area contributed by atoms with E-state index in [0.29, 0.717) is 23.2 Å². The lowest BCUT2D eigenvalue weighted by atomic mass is 10.1. The van der Waals surface area contributed by atoms with Gasteiger partial charge < -0.3 is 4.74 Å². The van der Waals surface area contributed by atoms with E-state index in [1.54, 1.807) is 24.3 Å². The van der Waals surface area contributed by atoms with Gasteiger partial charge in [0.25, 0.3) is 0 Å². The smallest absolute Gasteiger partial charge is 0.133 e. The second kappa shape index (κ2) is 6.58. The molecule has 3 rings (SSSR count). The molecular weight excluding hydrogens is 301 g/mol. The highest BCUT2D eigenvalue weighted by atomic mass is 35.5. The van der Waals surface area contributed by atoms with Crippen molar-refractivity contribution in [3.63, 3.8) is 0 Å². The number of hydrogen-bond acceptors (Lipinski definition) is 2. The molecule has 0 radical (unpaired) electrons. The molecule has 4 heteroatoms. The van der Waals surface area contributed by atoms with Crippen molar-refractivity contribution in [1.29, 1.82) is 0 Å². The first-order valence-electron chi connectivity index (χ1n) is 6.81. The van der Waals surface area contributed by atoms with Crippen LogP contribution in [0.3, 0.4) is 0 Å². The average Bonchev–Trinajstić information content (AvgIpc) is 2.54. The maximum atomic E-state index is 13.0. The van der Waals surface area contributed by atoms with Gasteiger partial charge in [-0.2, -0.15) is 0 Å². The predicted molar refractivity (Wildman–Crippen MR) is 85.4 cm³/mol. The van der Waals surface area contributed by atoms with Crippen LogP contribution in [0.4, 0.5) is 4.39 Å². The third kappa shape index (κ3) is 3.62. The van der Waals surface area contributed by atoms with Crippen LogP contribution in [-0.4, -0.2) is 4.98 Å². The number of pyridine rings is 1. The predicted octanol–water partition coefficient (Wildman–Crippen LogP) is 5.12. The van der Waals surface area contributed by atoms with E-state index in [0.717, 1.165) is 11.1 Å². The fourth-order valence-electron chi connectivity index (χ4n) is 2.07. The fourth-order valence-corrected chi connectivity index (χ4v) is 2.26. The van der Waals surface area contributed by atoms with Crippen molar-refractivity contribution in [1.82, 2.24) is 4.98 Å². The molecular formula is C18H13ClFNO. The Hall–Kier alpha value is -2.39. The SMILES string of the molecule is Fc1ccc(-c2cc(OCc3ccccc3)cc(Cl)n2)cc1. The van der Waals surface area contributed by atoms with Crippen LogP contribution >= 0.6 is 11.6 Å². The number of aromatic nitrogens is 1. The van der Waals surface area contributed by atoms with Crippen LogP contribution in [0.5, 0.6) is 5.75 Å². The molecule has 3 aromatic rings. The first-order chi connectivity index (χ1) is 10.7. The monoisotopic (exact) mass is 313 g/mol. The van der Waals surface area contributed by atoms with Gasteiger partial charge in [0, 0.05) is 17.7 Å². The Morgan fingerprint density at radius 2 is 1.68 bits per heavy atom. The highest BCUT2D eigenvalue weighted by Crippen LogP contribution is 2.26. The summed E-state index contributed by atoms with van der Waals surface area (Å²) in [5.41, 5.74) is 2.50. The van der Waals surface area contributed by atoms with E-state index >= 15 is 0 Å². The zero-order chi connectivity index (χ0) is 15.4. The fraction of sp³-hybridized carbons (Fsp3) is 0.0556. The van der Waals surface area contributed by atoms with E-state index in [-0.39, 0.29) is 5.82 Å². The lowest BCUT2D eigenvalue weighted by Gasteiger charge is -2.09. The Kier molecular flexibility index (Phi) is 4.35. The molecule has 1 aromatic heterocycles. The van der Waals surface area contributed by atoms with Crippen LogP contribution in [0, 0.1) is 5.82 Å². The highest BCUT2D eigenvalue weighted by Gasteiger charge is 2.06. The zero-order valence-electron chi connectivity index (χ0n) is 11.7. The minimum Gasteiger partial charge on any atom is -0.489 e. The van der Waals surface area contributed by atoms with Gasteiger partial charge in [-0.3, -0.25) is 0 Å². The minimum atomic E-state index is -0.286. The molecule has 0 saturated carbocycles. The van der Waals surface area contributed by atoms with Gasteiger partial charge >= 0.3 is 0 Å². The first-order valence-corrected chi connectivity index (χ1v) is 7.19. The molecule has 0 unspecified atom stereocenters. The summed E-state index contributed by atoms with van der Waals surface area (Å²) in [5.74, 6) is 0.342.